The van der Waals surface area contributed by atoms with Gasteiger partial charge >= 0.3 is 0 Å². The number of benzene rings is 1. The molecular weight excluding hydrogens is 359 g/mol. The maximum atomic E-state index is 14.6. The number of piperidine rings is 1. The molecule has 4 rings (SSSR count). The number of nitrogens with one attached hydrogen (secondary N) is 1. The van der Waals surface area contributed by atoms with E-state index in [4.69, 9.17) is 10.5 Å². The van der Waals surface area contributed by atoms with E-state index in [-0.39, 0.29) is 17.8 Å². The number of hydrogen-bond acceptors (Lipinski definition) is 5. The lowest BCUT2D eigenvalue weighted by Gasteiger charge is -2.34. The van der Waals surface area contributed by atoms with E-state index in [1.807, 2.05) is 17.1 Å². The summed E-state index contributed by atoms with van der Waals surface area (Å²) in [6.07, 6.45) is 7.07. The average molecular weight is 384 g/mol. The quantitative estimate of drug-likeness (QED) is 0.837. The fraction of sp³-hybridized carbons (Fsp3) is 0.429. The predicted molar refractivity (Wildman–Crippen MR) is 108 cm³/mol. The molecule has 0 aromatic heterocycles. The van der Waals surface area contributed by atoms with Gasteiger partial charge in [-0.2, -0.15) is 0 Å². The number of nitrogens with two attached hydrogens (primary N) is 1. The monoisotopic (exact) mass is 384 g/mol. The number of anilines is 2. The van der Waals surface area contributed by atoms with Crippen LogP contribution >= 0.6 is 0 Å². The van der Waals surface area contributed by atoms with Gasteiger partial charge in [-0.05, 0) is 37.0 Å². The molecule has 3 heterocycles. The average Bonchev–Trinajstić information content (AvgIpc) is 3.19. The Morgan fingerprint density at radius 3 is 3.04 bits per heavy atom. The second-order valence-corrected chi connectivity index (χ2v) is 7.34. The van der Waals surface area contributed by atoms with E-state index in [0.717, 1.165) is 37.1 Å². The molecule has 6 nitrogen and oxygen atoms in total. The van der Waals surface area contributed by atoms with Gasteiger partial charge in [-0.25, -0.2) is 9.38 Å². The van der Waals surface area contributed by atoms with E-state index in [1.54, 1.807) is 12.1 Å². The highest BCUT2D eigenvalue weighted by atomic mass is 19.1. The number of rotatable bonds is 4. The topological polar surface area (TPSA) is 80.0 Å². The third-order valence-electron chi connectivity index (χ3n) is 5.31. The van der Waals surface area contributed by atoms with Crippen molar-refractivity contribution in [3.63, 3.8) is 0 Å². The molecule has 3 N–H and O–H groups in total. The van der Waals surface area contributed by atoms with Crippen LogP contribution in [0, 0.1) is 5.82 Å². The minimum Gasteiger partial charge on any atom is -0.377 e. The van der Waals surface area contributed by atoms with E-state index >= 15 is 0 Å². The number of halogens is 1. The van der Waals surface area contributed by atoms with Crippen molar-refractivity contribution in [3.05, 3.63) is 47.4 Å². The van der Waals surface area contributed by atoms with E-state index in [0.29, 0.717) is 43.3 Å². The first kappa shape index (κ1) is 18.8. The van der Waals surface area contributed by atoms with E-state index in [2.05, 4.69) is 10.3 Å². The van der Waals surface area contributed by atoms with Crippen molar-refractivity contribution in [3.8, 4) is 0 Å². The molecule has 3 aliphatic heterocycles. The van der Waals surface area contributed by atoms with Crippen molar-refractivity contribution in [2.75, 3.05) is 36.5 Å². The van der Waals surface area contributed by atoms with Crippen molar-refractivity contribution in [2.45, 2.75) is 31.7 Å². The molecule has 0 unspecified atom stereocenters. The summed E-state index contributed by atoms with van der Waals surface area (Å²) in [6, 6.07) is 4.75. The smallest absolute Gasteiger partial charge is 0.270 e. The highest BCUT2D eigenvalue weighted by Crippen LogP contribution is 2.32. The number of carbonyl (C=O) groups excluding carboxylic acids is 1. The van der Waals surface area contributed by atoms with Crippen LogP contribution in [0.2, 0.25) is 0 Å². The number of aliphatic imine (C=N–C) groups is 1. The summed E-state index contributed by atoms with van der Waals surface area (Å²) in [7, 11) is 0. The highest BCUT2D eigenvalue weighted by Gasteiger charge is 2.25. The highest BCUT2D eigenvalue weighted by molar-refractivity contribution is 6.44. The van der Waals surface area contributed by atoms with Crippen LogP contribution in [0.5, 0.6) is 0 Å². The summed E-state index contributed by atoms with van der Waals surface area (Å²) in [5.74, 6) is -0.654. The summed E-state index contributed by atoms with van der Waals surface area (Å²) in [6.45, 7) is 2.55. The number of allylic oxidation sites excluding steroid dienone is 2. The van der Waals surface area contributed by atoms with Crippen LogP contribution in [-0.4, -0.2) is 44.0 Å². The van der Waals surface area contributed by atoms with Gasteiger partial charge in [0.2, 0.25) is 0 Å². The Kier molecular flexibility index (Phi) is 5.54. The molecule has 1 amide bonds. The first-order chi connectivity index (χ1) is 13.6. The molecule has 0 bridgehead atoms. The molecule has 148 valence electrons. The molecule has 3 aliphatic rings. The molecule has 1 saturated heterocycles. The third kappa shape index (κ3) is 4.00. The fourth-order valence-electron chi connectivity index (χ4n) is 3.88. The molecule has 0 spiro atoms. The van der Waals surface area contributed by atoms with E-state index in [9.17, 15) is 9.18 Å². The fourth-order valence-corrected chi connectivity index (χ4v) is 3.88. The van der Waals surface area contributed by atoms with E-state index in [1.165, 1.54) is 6.07 Å². The van der Waals surface area contributed by atoms with Crippen molar-refractivity contribution >= 4 is 23.0 Å². The van der Waals surface area contributed by atoms with E-state index < -0.39 is 0 Å². The molecule has 1 fully saturated rings. The molecule has 0 aliphatic carbocycles. The Balaban J connectivity index is 1.51. The lowest BCUT2D eigenvalue weighted by Crippen LogP contribution is -2.43. The van der Waals surface area contributed by atoms with Gasteiger partial charge in [-0.1, -0.05) is 18.2 Å². The number of nitrogens with zero attached hydrogens (tertiary/aromatic N) is 2. The van der Waals surface area contributed by atoms with Gasteiger partial charge in [0, 0.05) is 25.6 Å². The van der Waals surface area contributed by atoms with Crippen LogP contribution in [0.25, 0.3) is 0 Å². The molecule has 7 heteroatoms. The Morgan fingerprint density at radius 1 is 1.36 bits per heavy atom. The van der Waals surface area contributed by atoms with Gasteiger partial charge in [0.1, 0.15) is 11.5 Å². The zero-order valence-electron chi connectivity index (χ0n) is 15.8. The summed E-state index contributed by atoms with van der Waals surface area (Å²) >= 11 is 0. The lowest BCUT2D eigenvalue weighted by molar-refractivity contribution is -0.110. The molecular formula is C21H25FN4O2. The van der Waals surface area contributed by atoms with Crippen LogP contribution in [0.15, 0.2) is 46.6 Å². The minimum atomic E-state index is -0.355. The van der Waals surface area contributed by atoms with Crippen molar-refractivity contribution in [1.82, 2.24) is 0 Å². The largest absolute Gasteiger partial charge is 0.377 e. The van der Waals surface area contributed by atoms with Crippen LogP contribution in [0.4, 0.5) is 15.8 Å². The van der Waals surface area contributed by atoms with Gasteiger partial charge < -0.3 is 20.7 Å². The Bertz CT molecular complexity index is 862. The molecule has 1 aromatic carbocycles. The number of para-hydroxylation sites is 1. The van der Waals surface area contributed by atoms with Crippen LogP contribution in [-0.2, 0) is 9.53 Å². The molecule has 28 heavy (non-hydrogen) atoms. The van der Waals surface area contributed by atoms with Gasteiger partial charge in [-0.3, -0.25) is 4.79 Å². The van der Waals surface area contributed by atoms with Crippen LogP contribution < -0.4 is 16.0 Å². The molecule has 0 saturated carbocycles. The van der Waals surface area contributed by atoms with Gasteiger partial charge in [-0.15, -0.1) is 0 Å². The number of hydrogen-bond donors (Lipinski definition) is 2. The van der Waals surface area contributed by atoms with Crippen molar-refractivity contribution < 1.29 is 13.9 Å². The minimum absolute atomic E-state index is 0.00983. The summed E-state index contributed by atoms with van der Waals surface area (Å²) in [4.78, 5) is 19.2. The third-order valence-corrected chi connectivity index (χ3v) is 5.31. The second kappa shape index (κ2) is 8.24. The second-order valence-electron chi connectivity index (χ2n) is 7.34. The maximum absolute atomic E-state index is 14.6. The van der Waals surface area contributed by atoms with Crippen LogP contribution in [0.1, 0.15) is 25.7 Å². The van der Waals surface area contributed by atoms with Crippen molar-refractivity contribution in [2.24, 2.45) is 10.7 Å². The molecule has 1 aromatic rings. The summed E-state index contributed by atoms with van der Waals surface area (Å²) in [5.41, 5.74) is 9.32. The predicted octanol–water partition coefficient (Wildman–Crippen LogP) is 2.77. The van der Waals surface area contributed by atoms with Gasteiger partial charge in [0.15, 0.2) is 0 Å². The van der Waals surface area contributed by atoms with Crippen LogP contribution in [0.3, 0.4) is 0 Å². The standard InChI is InChI=1S/C21H25FN4O2/c22-16-4-1-5-18(20(16)26-10-2-3-15(23)13-26)25-21(27)19-7-6-17(24-19)14-8-11-28-12-9-14/h1,4-6,8,15H,2-3,7,9-13,23H2,(H,25,27)/t15-/m1/s1. The molecule has 0 radical (unpaired) electrons. The SMILES string of the molecule is N[C@@H]1CCCN(c2c(F)cccc2NC(=O)C2=NC(C3=CCOCC3)=CC2)C1. The Morgan fingerprint density at radius 2 is 2.25 bits per heavy atom. The maximum Gasteiger partial charge on any atom is 0.270 e. The molecule has 1 atom stereocenters. The first-order valence-electron chi connectivity index (χ1n) is 9.77. The zero-order chi connectivity index (χ0) is 19.5. The number of ether oxygens (including phenoxy) is 1. The van der Waals surface area contributed by atoms with Gasteiger partial charge in [0.05, 0.1) is 30.3 Å². The zero-order valence-corrected chi connectivity index (χ0v) is 15.8. The first-order valence-corrected chi connectivity index (χ1v) is 9.77. The summed E-state index contributed by atoms with van der Waals surface area (Å²) < 4.78 is 19.9. The number of carbonyl (C=O) groups is 1. The number of amides is 1. The lowest BCUT2D eigenvalue weighted by atomic mass is 10.1. The van der Waals surface area contributed by atoms with Gasteiger partial charge in [0.25, 0.3) is 5.91 Å². The Labute approximate surface area is 163 Å². The summed E-state index contributed by atoms with van der Waals surface area (Å²) in [5, 5.41) is 2.86. The normalized spacial score (nSPS) is 22.4. The Hall–Kier alpha value is -2.51. The van der Waals surface area contributed by atoms with Crippen molar-refractivity contribution in [1.29, 1.82) is 0 Å².